The van der Waals surface area contributed by atoms with Gasteiger partial charge in [-0.3, -0.25) is 0 Å². The van der Waals surface area contributed by atoms with Crippen molar-refractivity contribution in [2.24, 2.45) is 0 Å². The Bertz CT molecular complexity index is 318. The predicted molar refractivity (Wildman–Crippen MR) is 43.2 cm³/mol. The summed E-state index contributed by atoms with van der Waals surface area (Å²) in [5.74, 6) is 1.56. The van der Waals surface area contributed by atoms with Crippen molar-refractivity contribution >= 4 is 11.5 Å². The highest BCUT2D eigenvalue weighted by molar-refractivity contribution is 5.76. The zero-order chi connectivity index (χ0) is 7.84. The molecule has 0 aliphatic carbocycles. The second-order valence-corrected chi connectivity index (χ2v) is 2.41. The molecule has 1 aromatic heterocycles. The molecule has 0 aromatic carbocycles. The Morgan fingerprint density at radius 3 is 2.91 bits per heavy atom. The number of rotatable bonds is 0. The fraction of sp³-hybridized carbons (Fsp3) is 0.143. The van der Waals surface area contributed by atoms with Gasteiger partial charge < -0.3 is 10.6 Å². The summed E-state index contributed by atoms with van der Waals surface area (Å²) in [4.78, 5) is 8.06. The molecular weight excluding hydrogens is 140 g/mol. The van der Waals surface area contributed by atoms with E-state index in [1.807, 2.05) is 6.92 Å². The van der Waals surface area contributed by atoms with Gasteiger partial charge in [-0.05, 0) is 6.92 Å². The van der Waals surface area contributed by atoms with Gasteiger partial charge >= 0.3 is 0 Å². The highest BCUT2D eigenvalue weighted by Crippen LogP contribution is 2.28. The first-order valence-electron chi connectivity index (χ1n) is 3.32. The summed E-state index contributed by atoms with van der Waals surface area (Å²) in [6.07, 6.45) is 1.53. The van der Waals surface area contributed by atoms with E-state index in [9.17, 15) is 0 Å². The Labute approximate surface area is 64.4 Å². The van der Waals surface area contributed by atoms with Crippen LogP contribution in [0.15, 0.2) is 18.7 Å². The molecule has 1 aliphatic heterocycles. The van der Waals surface area contributed by atoms with Crippen molar-refractivity contribution in [2.45, 2.75) is 6.92 Å². The van der Waals surface area contributed by atoms with Crippen molar-refractivity contribution in [2.75, 3.05) is 10.6 Å². The zero-order valence-corrected chi connectivity index (χ0v) is 6.18. The van der Waals surface area contributed by atoms with Crippen LogP contribution in [0.5, 0.6) is 0 Å². The number of aryl methyl sites for hydroxylation is 1. The molecule has 4 nitrogen and oxygen atoms in total. The van der Waals surface area contributed by atoms with Crippen LogP contribution in [-0.2, 0) is 0 Å². The number of hydrogen-bond acceptors (Lipinski definition) is 4. The van der Waals surface area contributed by atoms with Crippen LogP contribution in [0.1, 0.15) is 5.69 Å². The summed E-state index contributed by atoms with van der Waals surface area (Å²) < 4.78 is 0. The van der Waals surface area contributed by atoms with Gasteiger partial charge in [-0.2, -0.15) is 0 Å². The van der Waals surface area contributed by atoms with Crippen LogP contribution in [-0.4, -0.2) is 9.97 Å². The lowest BCUT2D eigenvalue weighted by Crippen LogP contribution is -1.95. The molecule has 2 rings (SSSR count). The molecule has 1 aliphatic rings. The first-order valence-corrected chi connectivity index (χ1v) is 3.32. The smallest absolute Gasteiger partial charge is 0.159 e. The van der Waals surface area contributed by atoms with Gasteiger partial charge in [-0.15, -0.1) is 0 Å². The molecule has 4 heteroatoms. The van der Waals surface area contributed by atoms with Gasteiger partial charge in [0.25, 0.3) is 0 Å². The second-order valence-electron chi connectivity index (χ2n) is 2.41. The third kappa shape index (κ3) is 0.832. The van der Waals surface area contributed by atoms with E-state index >= 15 is 0 Å². The van der Waals surface area contributed by atoms with E-state index in [0.717, 1.165) is 23.0 Å². The van der Waals surface area contributed by atoms with Gasteiger partial charge in [0.05, 0.1) is 5.69 Å². The lowest BCUT2D eigenvalue weighted by atomic mass is 10.3. The molecular formula is C7H8N4. The molecule has 0 radical (unpaired) electrons. The van der Waals surface area contributed by atoms with E-state index in [4.69, 9.17) is 0 Å². The average Bonchev–Trinajstić information content (AvgIpc) is 2.31. The standard InChI is InChI=1S/C7H8N4/c1-4-6-7(9-3-8-4)11-5(2)10-6/h3,10H,2H2,1H3,(H,8,9,11). The summed E-state index contributed by atoms with van der Waals surface area (Å²) in [5.41, 5.74) is 1.86. The van der Waals surface area contributed by atoms with Crippen molar-refractivity contribution in [1.82, 2.24) is 9.97 Å². The minimum atomic E-state index is 0.753. The van der Waals surface area contributed by atoms with Gasteiger partial charge in [0.2, 0.25) is 0 Å². The van der Waals surface area contributed by atoms with Crippen LogP contribution in [0.3, 0.4) is 0 Å². The first-order chi connectivity index (χ1) is 5.27. The SMILES string of the molecule is C=C1Nc2ncnc(C)c2N1. The van der Waals surface area contributed by atoms with E-state index in [1.54, 1.807) is 0 Å². The summed E-state index contributed by atoms with van der Waals surface area (Å²) in [6.45, 7) is 5.64. The van der Waals surface area contributed by atoms with Gasteiger partial charge in [0.15, 0.2) is 5.82 Å². The molecule has 0 spiro atoms. The van der Waals surface area contributed by atoms with Crippen molar-refractivity contribution in [1.29, 1.82) is 0 Å². The maximum absolute atomic E-state index is 4.03. The fourth-order valence-corrected chi connectivity index (χ4v) is 1.04. The average molecular weight is 148 g/mol. The highest BCUT2D eigenvalue weighted by Gasteiger charge is 2.15. The quantitative estimate of drug-likeness (QED) is 0.578. The van der Waals surface area contributed by atoms with E-state index < -0.39 is 0 Å². The molecule has 1 aromatic rings. The van der Waals surface area contributed by atoms with Crippen LogP contribution in [0, 0.1) is 6.92 Å². The summed E-state index contributed by atoms with van der Waals surface area (Å²) in [5, 5.41) is 6.02. The summed E-state index contributed by atoms with van der Waals surface area (Å²) in [7, 11) is 0. The second kappa shape index (κ2) is 1.95. The lowest BCUT2D eigenvalue weighted by molar-refractivity contribution is 1.12. The molecule has 0 saturated carbocycles. The minimum Gasteiger partial charge on any atom is -0.338 e. The molecule has 0 saturated heterocycles. The first kappa shape index (κ1) is 6.15. The van der Waals surface area contributed by atoms with Crippen molar-refractivity contribution in [3.05, 3.63) is 24.4 Å². The number of fused-ring (bicyclic) bond motifs is 1. The predicted octanol–water partition coefficient (Wildman–Crippen LogP) is 1.09. The van der Waals surface area contributed by atoms with E-state index in [2.05, 4.69) is 27.2 Å². The summed E-state index contributed by atoms with van der Waals surface area (Å²) >= 11 is 0. The van der Waals surface area contributed by atoms with E-state index in [-0.39, 0.29) is 0 Å². The Morgan fingerprint density at radius 2 is 2.18 bits per heavy atom. The number of nitrogens with one attached hydrogen (secondary N) is 2. The lowest BCUT2D eigenvalue weighted by Gasteiger charge is -1.97. The number of anilines is 2. The van der Waals surface area contributed by atoms with Crippen LogP contribution >= 0.6 is 0 Å². The third-order valence-electron chi connectivity index (χ3n) is 1.58. The van der Waals surface area contributed by atoms with E-state index in [0.29, 0.717) is 0 Å². The number of hydrogen-bond donors (Lipinski definition) is 2. The highest BCUT2D eigenvalue weighted by atomic mass is 15.2. The number of aromatic nitrogens is 2. The van der Waals surface area contributed by atoms with Crippen molar-refractivity contribution in [3.8, 4) is 0 Å². The normalized spacial score (nSPS) is 13.7. The van der Waals surface area contributed by atoms with Gasteiger partial charge in [0.1, 0.15) is 17.8 Å². The molecule has 56 valence electrons. The summed E-state index contributed by atoms with van der Waals surface area (Å²) in [6, 6.07) is 0. The van der Waals surface area contributed by atoms with E-state index in [1.165, 1.54) is 6.33 Å². The molecule has 2 heterocycles. The van der Waals surface area contributed by atoms with Crippen LogP contribution in [0.25, 0.3) is 0 Å². The Hall–Kier alpha value is -1.58. The molecule has 2 N–H and O–H groups in total. The maximum atomic E-state index is 4.03. The maximum Gasteiger partial charge on any atom is 0.159 e. The van der Waals surface area contributed by atoms with Gasteiger partial charge in [0, 0.05) is 0 Å². The molecule has 0 amide bonds. The largest absolute Gasteiger partial charge is 0.338 e. The fourth-order valence-electron chi connectivity index (χ4n) is 1.04. The molecule has 11 heavy (non-hydrogen) atoms. The monoisotopic (exact) mass is 148 g/mol. The Kier molecular flexibility index (Phi) is 1.09. The van der Waals surface area contributed by atoms with Crippen molar-refractivity contribution in [3.63, 3.8) is 0 Å². The molecule has 0 bridgehead atoms. The van der Waals surface area contributed by atoms with Crippen molar-refractivity contribution < 1.29 is 0 Å². The Morgan fingerprint density at radius 1 is 1.36 bits per heavy atom. The third-order valence-corrected chi connectivity index (χ3v) is 1.58. The number of nitrogens with zero attached hydrogens (tertiary/aromatic N) is 2. The Balaban J connectivity index is 2.57. The minimum absolute atomic E-state index is 0.753. The van der Waals surface area contributed by atoms with Crippen LogP contribution < -0.4 is 10.6 Å². The topological polar surface area (TPSA) is 49.8 Å². The van der Waals surface area contributed by atoms with Gasteiger partial charge in [-0.1, -0.05) is 6.58 Å². The molecule has 0 fully saturated rings. The molecule has 0 atom stereocenters. The van der Waals surface area contributed by atoms with Gasteiger partial charge in [-0.25, -0.2) is 9.97 Å². The molecule has 0 unspecified atom stereocenters. The van der Waals surface area contributed by atoms with Crippen LogP contribution in [0.4, 0.5) is 11.5 Å². The van der Waals surface area contributed by atoms with Crippen LogP contribution in [0.2, 0.25) is 0 Å². The zero-order valence-electron chi connectivity index (χ0n) is 6.18.